The zero-order chi connectivity index (χ0) is 23.1. The molecule has 1 unspecified atom stereocenters. The van der Waals surface area contributed by atoms with E-state index in [0.29, 0.717) is 23.1 Å². The van der Waals surface area contributed by atoms with Crippen LogP contribution in [-0.2, 0) is 26.1 Å². The van der Waals surface area contributed by atoms with Gasteiger partial charge in [-0.25, -0.2) is 8.42 Å². The summed E-state index contributed by atoms with van der Waals surface area (Å²) in [5.74, 6) is 0.689. The highest BCUT2D eigenvalue weighted by atomic mass is 35.5. The summed E-state index contributed by atoms with van der Waals surface area (Å²) in [6, 6.07) is 10.1. The van der Waals surface area contributed by atoms with Gasteiger partial charge in [0.25, 0.3) is 0 Å². The number of hydrogen-bond acceptors (Lipinski definition) is 6. The lowest BCUT2D eigenvalue weighted by atomic mass is 10.2. The molecule has 1 heterocycles. The van der Waals surface area contributed by atoms with Crippen LogP contribution in [0.1, 0.15) is 25.3 Å². The summed E-state index contributed by atoms with van der Waals surface area (Å²) in [5, 5.41) is 3.15. The van der Waals surface area contributed by atoms with Crippen LogP contribution < -0.4 is 19.5 Å². The lowest BCUT2D eigenvalue weighted by Crippen LogP contribution is -2.44. The average molecular weight is 483 g/mol. The van der Waals surface area contributed by atoms with Gasteiger partial charge in [-0.1, -0.05) is 17.7 Å². The van der Waals surface area contributed by atoms with Crippen LogP contribution in [0.25, 0.3) is 0 Å². The van der Waals surface area contributed by atoms with Gasteiger partial charge in [-0.3, -0.25) is 4.79 Å². The van der Waals surface area contributed by atoms with Crippen LogP contribution in [0, 0.1) is 0 Å². The predicted octanol–water partition coefficient (Wildman–Crippen LogP) is 2.89. The van der Waals surface area contributed by atoms with Crippen molar-refractivity contribution in [3.8, 4) is 11.5 Å². The number of amides is 1. The van der Waals surface area contributed by atoms with E-state index in [1.165, 1.54) is 31.2 Å². The SMILES string of the molecule is COc1cc(CNC(=O)[C@H](C)NS(=O)(=O)c2ccc(Cl)cc2)ccc1OCC1CCCO1. The Morgan fingerprint density at radius 1 is 1.22 bits per heavy atom. The molecule has 10 heteroatoms. The number of halogens is 1. The maximum absolute atomic E-state index is 12.4. The number of ether oxygens (including phenoxy) is 3. The van der Waals surface area contributed by atoms with Gasteiger partial charge in [0.05, 0.1) is 24.2 Å². The van der Waals surface area contributed by atoms with E-state index in [4.69, 9.17) is 25.8 Å². The molecule has 0 bridgehead atoms. The number of nitrogens with one attached hydrogen (secondary N) is 2. The first-order chi connectivity index (χ1) is 15.3. The number of rotatable bonds is 10. The molecule has 8 nitrogen and oxygen atoms in total. The molecule has 2 atom stereocenters. The minimum Gasteiger partial charge on any atom is -0.493 e. The summed E-state index contributed by atoms with van der Waals surface area (Å²) in [6.45, 7) is 2.90. The molecule has 0 spiro atoms. The lowest BCUT2D eigenvalue weighted by Gasteiger charge is -2.16. The van der Waals surface area contributed by atoms with Gasteiger partial charge in [0.2, 0.25) is 15.9 Å². The van der Waals surface area contributed by atoms with Crippen LogP contribution in [0.4, 0.5) is 0 Å². The van der Waals surface area contributed by atoms with Crippen molar-refractivity contribution in [2.45, 2.75) is 43.4 Å². The third-order valence-corrected chi connectivity index (χ3v) is 6.80. The van der Waals surface area contributed by atoms with Crippen LogP contribution in [0.5, 0.6) is 11.5 Å². The summed E-state index contributed by atoms with van der Waals surface area (Å²) in [4.78, 5) is 12.5. The smallest absolute Gasteiger partial charge is 0.241 e. The lowest BCUT2D eigenvalue weighted by molar-refractivity contribution is -0.122. The van der Waals surface area contributed by atoms with Crippen molar-refractivity contribution in [2.24, 2.45) is 0 Å². The molecule has 2 aromatic rings. The van der Waals surface area contributed by atoms with E-state index in [1.807, 2.05) is 6.07 Å². The first kappa shape index (κ1) is 24.3. The van der Waals surface area contributed by atoms with Gasteiger partial charge in [-0.05, 0) is 61.7 Å². The Kier molecular flexibility index (Phi) is 8.36. The van der Waals surface area contributed by atoms with Gasteiger partial charge in [-0.2, -0.15) is 4.72 Å². The monoisotopic (exact) mass is 482 g/mol. The van der Waals surface area contributed by atoms with Crippen molar-refractivity contribution in [3.63, 3.8) is 0 Å². The molecule has 1 fully saturated rings. The van der Waals surface area contributed by atoms with E-state index in [-0.39, 0.29) is 17.5 Å². The quantitative estimate of drug-likeness (QED) is 0.539. The van der Waals surface area contributed by atoms with Crippen molar-refractivity contribution in [2.75, 3.05) is 20.3 Å². The van der Waals surface area contributed by atoms with Gasteiger partial charge < -0.3 is 19.5 Å². The molecule has 0 aliphatic carbocycles. The number of hydrogen-bond donors (Lipinski definition) is 2. The van der Waals surface area contributed by atoms with Crippen molar-refractivity contribution in [1.29, 1.82) is 0 Å². The molecule has 2 N–H and O–H groups in total. The molecule has 1 aliphatic heterocycles. The zero-order valence-corrected chi connectivity index (χ0v) is 19.5. The largest absolute Gasteiger partial charge is 0.493 e. The highest BCUT2D eigenvalue weighted by Gasteiger charge is 2.22. The fraction of sp³-hybridized carbons (Fsp3) is 0.409. The minimum absolute atomic E-state index is 0.0323. The van der Waals surface area contributed by atoms with Crippen LogP contribution in [0.2, 0.25) is 5.02 Å². The molecule has 32 heavy (non-hydrogen) atoms. The highest BCUT2D eigenvalue weighted by Crippen LogP contribution is 2.29. The maximum Gasteiger partial charge on any atom is 0.241 e. The Balaban J connectivity index is 1.54. The van der Waals surface area contributed by atoms with E-state index in [2.05, 4.69) is 10.0 Å². The van der Waals surface area contributed by atoms with Crippen LogP contribution >= 0.6 is 11.6 Å². The Bertz CT molecular complexity index is 1020. The first-order valence-corrected chi connectivity index (χ1v) is 12.1. The Morgan fingerprint density at radius 3 is 2.62 bits per heavy atom. The fourth-order valence-electron chi connectivity index (χ4n) is 3.21. The summed E-state index contributed by atoms with van der Waals surface area (Å²) < 4.78 is 44.0. The Labute approximate surface area is 193 Å². The molecule has 0 saturated carbocycles. The van der Waals surface area contributed by atoms with Gasteiger partial charge in [0.15, 0.2) is 11.5 Å². The molecule has 174 valence electrons. The van der Waals surface area contributed by atoms with Crippen molar-refractivity contribution >= 4 is 27.5 Å². The standard InChI is InChI=1S/C22H27ClN2O6S/c1-15(25-32(27,28)19-8-6-17(23)7-9-19)22(26)24-13-16-5-10-20(21(12-16)29-2)31-14-18-4-3-11-30-18/h5-10,12,15,18,25H,3-4,11,13-14H2,1-2H3,(H,24,26)/t15-,18?/m0/s1. The Morgan fingerprint density at radius 2 is 1.97 bits per heavy atom. The third kappa shape index (κ3) is 6.59. The summed E-state index contributed by atoms with van der Waals surface area (Å²) in [5.41, 5.74) is 0.785. The zero-order valence-electron chi connectivity index (χ0n) is 18.0. The summed E-state index contributed by atoms with van der Waals surface area (Å²) in [6.07, 6.45) is 2.11. The van der Waals surface area contributed by atoms with E-state index < -0.39 is 22.0 Å². The van der Waals surface area contributed by atoms with Gasteiger partial charge >= 0.3 is 0 Å². The maximum atomic E-state index is 12.4. The fourth-order valence-corrected chi connectivity index (χ4v) is 4.54. The number of carbonyl (C=O) groups is 1. The summed E-state index contributed by atoms with van der Waals surface area (Å²) >= 11 is 5.79. The highest BCUT2D eigenvalue weighted by molar-refractivity contribution is 7.89. The second-order valence-corrected chi connectivity index (χ2v) is 9.60. The van der Waals surface area contributed by atoms with Crippen LogP contribution in [-0.4, -0.2) is 46.8 Å². The van der Waals surface area contributed by atoms with E-state index in [9.17, 15) is 13.2 Å². The van der Waals surface area contributed by atoms with Crippen molar-refractivity contribution in [3.05, 3.63) is 53.1 Å². The van der Waals surface area contributed by atoms with Crippen molar-refractivity contribution in [1.82, 2.24) is 10.0 Å². The first-order valence-electron chi connectivity index (χ1n) is 10.3. The molecule has 1 saturated heterocycles. The molecule has 2 aromatic carbocycles. The minimum atomic E-state index is -3.85. The number of benzene rings is 2. The van der Waals surface area contributed by atoms with E-state index in [0.717, 1.165) is 25.0 Å². The van der Waals surface area contributed by atoms with Crippen molar-refractivity contribution < 1.29 is 27.4 Å². The number of sulfonamides is 1. The van der Waals surface area contributed by atoms with E-state index >= 15 is 0 Å². The summed E-state index contributed by atoms with van der Waals surface area (Å²) in [7, 11) is -2.30. The van der Waals surface area contributed by atoms with Crippen LogP contribution in [0.3, 0.4) is 0 Å². The van der Waals surface area contributed by atoms with E-state index in [1.54, 1.807) is 19.2 Å². The Hall–Kier alpha value is -2.33. The molecule has 1 amide bonds. The second kappa shape index (κ2) is 11.0. The molecule has 3 rings (SSSR count). The molecule has 0 radical (unpaired) electrons. The third-order valence-electron chi connectivity index (χ3n) is 4.99. The molecular formula is C22H27ClN2O6S. The van der Waals surface area contributed by atoms with Gasteiger partial charge in [0.1, 0.15) is 6.61 Å². The van der Waals surface area contributed by atoms with Gasteiger partial charge in [-0.15, -0.1) is 0 Å². The normalized spacial score (nSPS) is 17.0. The molecule has 0 aromatic heterocycles. The van der Waals surface area contributed by atoms with Gasteiger partial charge in [0, 0.05) is 18.2 Å². The van der Waals surface area contributed by atoms with Crippen LogP contribution in [0.15, 0.2) is 47.4 Å². The average Bonchev–Trinajstić information content (AvgIpc) is 3.30. The number of carbonyl (C=O) groups excluding carboxylic acids is 1. The predicted molar refractivity (Wildman–Crippen MR) is 121 cm³/mol. The number of methoxy groups -OCH3 is 1. The molecule has 1 aliphatic rings. The second-order valence-electron chi connectivity index (χ2n) is 7.45. The molecular weight excluding hydrogens is 456 g/mol. The topological polar surface area (TPSA) is 103 Å².